The van der Waals surface area contributed by atoms with Crippen LogP contribution in [0.15, 0.2) is 0 Å². The first-order valence-corrected chi connectivity index (χ1v) is 5.65. The molecule has 6 N–H and O–H groups in total. The minimum atomic E-state index is -2.03. The van der Waals surface area contributed by atoms with E-state index in [0.717, 1.165) is 0 Å². The normalized spacial score (nSPS) is 24.5. The second-order valence-corrected chi connectivity index (χ2v) is 5.05. The van der Waals surface area contributed by atoms with Crippen LogP contribution in [0.4, 0.5) is 0 Å². The van der Waals surface area contributed by atoms with Gasteiger partial charge in [0.15, 0.2) is 0 Å². The molecule has 0 bridgehead atoms. The first kappa shape index (κ1) is 16.8. The lowest BCUT2D eigenvalue weighted by atomic mass is 9.70. The van der Waals surface area contributed by atoms with E-state index < -0.39 is 29.5 Å². The monoisotopic (exact) mass is 251 g/mol. The van der Waals surface area contributed by atoms with Crippen molar-refractivity contribution in [3.05, 3.63) is 0 Å². The lowest BCUT2D eigenvalue weighted by molar-refractivity contribution is -0.259. The molecule has 0 saturated heterocycles. The van der Waals surface area contributed by atoms with Crippen LogP contribution in [-0.2, 0) is 0 Å². The molecule has 0 amide bonds. The Balaban J connectivity index is 5.09. The minimum Gasteiger partial charge on any atom is -0.394 e. The van der Waals surface area contributed by atoms with E-state index >= 15 is 0 Å². The highest BCUT2D eigenvalue weighted by atomic mass is 16.4. The van der Waals surface area contributed by atoms with Crippen LogP contribution >= 0.6 is 0 Å². The van der Waals surface area contributed by atoms with Crippen molar-refractivity contribution in [3.63, 3.8) is 0 Å². The Morgan fingerprint density at radius 3 is 1.94 bits per heavy atom. The van der Waals surface area contributed by atoms with Gasteiger partial charge in [0.1, 0.15) is 17.3 Å². The summed E-state index contributed by atoms with van der Waals surface area (Å²) in [5.41, 5.74) is -5.62. The zero-order chi connectivity index (χ0) is 13.9. The Hall–Kier alpha value is -0.240. The molecule has 0 heterocycles. The SMILES string of the molecule is CNCCC(C)(O)C(C)(O)C(C)(O)C(O)CO. The summed E-state index contributed by atoms with van der Waals surface area (Å²) in [4.78, 5) is 0. The molecule has 4 unspecified atom stereocenters. The molecule has 0 spiro atoms. The molecule has 0 aromatic carbocycles. The van der Waals surface area contributed by atoms with Gasteiger partial charge in [0, 0.05) is 0 Å². The molecule has 0 fully saturated rings. The molecule has 0 aliphatic heterocycles. The number of hydrogen-bond acceptors (Lipinski definition) is 6. The van der Waals surface area contributed by atoms with Gasteiger partial charge in [-0.25, -0.2) is 0 Å². The standard InChI is InChI=1S/C11H25NO5/c1-9(15,5-6-12-4)11(3,17)10(2,16)8(14)7-13/h8,12-17H,5-7H2,1-4H3. The van der Waals surface area contributed by atoms with E-state index in [4.69, 9.17) is 5.11 Å². The lowest BCUT2D eigenvalue weighted by Gasteiger charge is -2.49. The van der Waals surface area contributed by atoms with Gasteiger partial charge >= 0.3 is 0 Å². The van der Waals surface area contributed by atoms with Crippen molar-refractivity contribution in [1.82, 2.24) is 5.32 Å². The summed E-state index contributed by atoms with van der Waals surface area (Å²) in [7, 11) is 1.70. The van der Waals surface area contributed by atoms with Crippen LogP contribution < -0.4 is 5.32 Å². The fourth-order valence-corrected chi connectivity index (χ4v) is 1.66. The summed E-state index contributed by atoms with van der Waals surface area (Å²) in [6, 6.07) is 0. The third-order valence-corrected chi connectivity index (χ3v) is 3.72. The molecule has 0 aliphatic rings. The van der Waals surface area contributed by atoms with Gasteiger partial charge in [-0.1, -0.05) is 0 Å². The van der Waals surface area contributed by atoms with Crippen molar-refractivity contribution < 1.29 is 25.5 Å². The molecule has 17 heavy (non-hydrogen) atoms. The zero-order valence-electron chi connectivity index (χ0n) is 10.9. The number of aliphatic hydroxyl groups is 5. The Labute approximate surface area is 102 Å². The molecule has 0 rings (SSSR count). The highest BCUT2D eigenvalue weighted by molar-refractivity contribution is 5.08. The predicted octanol–water partition coefficient (Wildman–Crippen LogP) is -1.80. The largest absolute Gasteiger partial charge is 0.394 e. The van der Waals surface area contributed by atoms with Crippen molar-refractivity contribution in [2.24, 2.45) is 0 Å². The summed E-state index contributed by atoms with van der Waals surface area (Å²) >= 11 is 0. The molecule has 104 valence electrons. The van der Waals surface area contributed by atoms with E-state index in [9.17, 15) is 20.4 Å². The third-order valence-electron chi connectivity index (χ3n) is 3.72. The first-order chi connectivity index (χ1) is 7.54. The zero-order valence-corrected chi connectivity index (χ0v) is 10.9. The molecule has 0 saturated carbocycles. The van der Waals surface area contributed by atoms with Gasteiger partial charge in [0.25, 0.3) is 0 Å². The average Bonchev–Trinajstić information content (AvgIpc) is 2.24. The van der Waals surface area contributed by atoms with Crippen molar-refractivity contribution in [2.45, 2.75) is 50.1 Å². The molecule has 4 atom stereocenters. The molecule has 0 aromatic heterocycles. The van der Waals surface area contributed by atoms with E-state index in [0.29, 0.717) is 6.54 Å². The number of nitrogens with one attached hydrogen (secondary N) is 1. The Morgan fingerprint density at radius 1 is 1.12 bits per heavy atom. The fraction of sp³-hybridized carbons (Fsp3) is 1.00. The highest BCUT2D eigenvalue weighted by Gasteiger charge is 2.56. The highest BCUT2D eigenvalue weighted by Crippen LogP contribution is 2.36. The third kappa shape index (κ3) is 3.15. The maximum Gasteiger partial charge on any atom is 0.121 e. The van der Waals surface area contributed by atoms with Crippen LogP contribution in [0.2, 0.25) is 0 Å². The van der Waals surface area contributed by atoms with E-state index in [-0.39, 0.29) is 6.42 Å². The van der Waals surface area contributed by atoms with Crippen LogP contribution in [0.1, 0.15) is 27.2 Å². The second-order valence-electron chi connectivity index (χ2n) is 5.05. The summed E-state index contributed by atoms with van der Waals surface area (Å²) in [5, 5.41) is 51.8. The van der Waals surface area contributed by atoms with Crippen molar-refractivity contribution >= 4 is 0 Å². The van der Waals surface area contributed by atoms with Gasteiger partial charge in [-0.2, -0.15) is 0 Å². The quantitative estimate of drug-likeness (QED) is 0.318. The molecule has 0 radical (unpaired) electrons. The Kier molecular flexibility index (Phi) is 5.52. The Bertz CT molecular complexity index is 240. The molecule has 6 nitrogen and oxygen atoms in total. The lowest BCUT2D eigenvalue weighted by Crippen LogP contribution is -2.69. The van der Waals surface area contributed by atoms with E-state index in [2.05, 4.69) is 5.32 Å². The molecule has 0 aliphatic carbocycles. The maximum atomic E-state index is 10.3. The average molecular weight is 251 g/mol. The van der Waals surface area contributed by atoms with Crippen LogP contribution in [0.25, 0.3) is 0 Å². The Morgan fingerprint density at radius 2 is 1.59 bits per heavy atom. The summed E-state index contributed by atoms with van der Waals surface area (Å²) < 4.78 is 0. The summed E-state index contributed by atoms with van der Waals surface area (Å²) in [6.45, 7) is 3.53. The van der Waals surface area contributed by atoms with Gasteiger partial charge in [-0.3, -0.25) is 0 Å². The predicted molar refractivity (Wildman–Crippen MR) is 63.5 cm³/mol. The van der Waals surface area contributed by atoms with E-state index in [1.807, 2.05) is 0 Å². The summed E-state index contributed by atoms with van der Waals surface area (Å²) in [6.07, 6.45) is -1.36. The fourth-order valence-electron chi connectivity index (χ4n) is 1.66. The van der Waals surface area contributed by atoms with Crippen LogP contribution in [-0.4, -0.2) is 68.6 Å². The van der Waals surface area contributed by atoms with Crippen molar-refractivity contribution in [1.29, 1.82) is 0 Å². The second kappa shape index (κ2) is 5.60. The first-order valence-electron chi connectivity index (χ1n) is 5.65. The molecular weight excluding hydrogens is 226 g/mol. The van der Waals surface area contributed by atoms with Gasteiger partial charge < -0.3 is 30.8 Å². The van der Waals surface area contributed by atoms with Crippen LogP contribution in [0, 0.1) is 0 Å². The van der Waals surface area contributed by atoms with Crippen LogP contribution in [0.5, 0.6) is 0 Å². The maximum absolute atomic E-state index is 10.3. The van der Waals surface area contributed by atoms with Gasteiger partial charge in [0.05, 0.1) is 12.2 Å². The number of rotatable bonds is 7. The smallest absolute Gasteiger partial charge is 0.121 e. The van der Waals surface area contributed by atoms with Crippen LogP contribution in [0.3, 0.4) is 0 Å². The molecular formula is C11H25NO5. The number of hydrogen-bond donors (Lipinski definition) is 6. The van der Waals surface area contributed by atoms with Gasteiger partial charge in [0.2, 0.25) is 0 Å². The molecule has 6 heteroatoms. The van der Waals surface area contributed by atoms with Gasteiger partial charge in [-0.15, -0.1) is 0 Å². The van der Waals surface area contributed by atoms with E-state index in [1.165, 1.54) is 20.8 Å². The summed E-state index contributed by atoms with van der Waals surface area (Å²) in [5.74, 6) is 0. The van der Waals surface area contributed by atoms with Crippen molar-refractivity contribution in [2.75, 3.05) is 20.2 Å². The topological polar surface area (TPSA) is 113 Å². The minimum absolute atomic E-state index is 0.185. The number of aliphatic hydroxyl groups excluding tert-OH is 2. The molecule has 0 aromatic rings. The van der Waals surface area contributed by atoms with Crippen molar-refractivity contribution in [3.8, 4) is 0 Å². The van der Waals surface area contributed by atoms with E-state index in [1.54, 1.807) is 7.05 Å². The van der Waals surface area contributed by atoms with Gasteiger partial charge in [-0.05, 0) is 40.8 Å².